The van der Waals surface area contributed by atoms with Gasteiger partial charge in [-0.15, -0.1) is 0 Å². The molecule has 0 bridgehead atoms. The third-order valence-corrected chi connectivity index (χ3v) is 7.55. The molecule has 1 N–H and O–H groups in total. The summed E-state index contributed by atoms with van der Waals surface area (Å²) in [4.78, 5) is 44.9. The number of anilines is 2. The van der Waals surface area contributed by atoms with Crippen molar-refractivity contribution in [3.8, 4) is 5.75 Å². The highest BCUT2D eigenvalue weighted by molar-refractivity contribution is 6.24. The molecule has 2 saturated heterocycles. The molecule has 186 valence electrons. The van der Waals surface area contributed by atoms with E-state index >= 15 is 0 Å². The van der Waals surface area contributed by atoms with Crippen LogP contribution in [0.25, 0.3) is 6.08 Å². The fourth-order valence-corrected chi connectivity index (χ4v) is 6.08. The third-order valence-electron chi connectivity index (χ3n) is 7.55. The number of hydrogen-bond donors (Lipinski definition) is 1. The first-order valence-corrected chi connectivity index (χ1v) is 12.3. The molecule has 4 atom stereocenters. The average Bonchev–Trinajstić information content (AvgIpc) is 3.36. The van der Waals surface area contributed by atoms with Crippen molar-refractivity contribution < 1.29 is 19.1 Å². The molecule has 7 nitrogen and oxygen atoms in total. The summed E-state index contributed by atoms with van der Waals surface area (Å²) >= 11 is 0. The summed E-state index contributed by atoms with van der Waals surface area (Å²) in [6.07, 6.45) is 3.79. The number of nitrogens with one attached hydrogen (secondary N) is 1. The van der Waals surface area contributed by atoms with Crippen molar-refractivity contribution in [3.63, 3.8) is 0 Å². The number of nitrogens with zero attached hydrogens (tertiary/aromatic N) is 2. The Morgan fingerprint density at radius 1 is 0.892 bits per heavy atom. The van der Waals surface area contributed by atoms with Gasteiger partial charge in [0.1, 0.15) is 11.8 Å². The fraction of sp³-hybridized carbons (Fsp3) is 0.233. The molecule has 0 unspecified atom stereocenters. The quantitative estimate of drug-likeness (QED) is 0.543. The van der Waals surface area contributed by atoms with Gasteiger partial charge in [0, 0.05) is 11.9 Å². The van der Waals surface area contributed by atoms with Crippen LogP contribution in [-0.2, 0) is 14.4 Å². The van der Waals surface area contributed by atoms with E-state index < -0.39 is 23.9 Å². The van der Waals surface area contributed by atoms with E-state index in [2.05, 4.69) is 5.32 Å². The largest absolute Gasteiger partial charge is 0.497 e. The first-order valence-electron chi connectivity index (χ1n) is 12.3. The summed E-state index contributed by atoms with van der Waals surface area (Å²) < 4.78 is 5.21. The van der Waals surface area contributed by atoms with Crippen LogP contribution in [-0.4, -0.2) is 35.8 Å². The maximum absolute atomic E-state index is 14.0. The SMILES string of the molecule is COc1ccc(NC(=O)[C@@H]2[C@@H]3C(=O)N(c4cc(C)cc(C)c4)C(=O)[C@H]3[C@@H]3c4ccccc4C=CN23)cc1. The van der Waals surface area contributed by atoms with Crippen LogP contribution in [0.2, 0.25) is 0 Å². The normalized spacial score (nSPS) is 23.5. The van der Waals surface area contributed by atoms with Gasteiger partial charge in [0.2, 0.25) is 17.7 Å². The molecule has 7 heteroatoms. The number of carbonyl (C=O) groups excluding carboxylic acids is 3. The van der Waals surface area contributed by atoms with Crippen LogP contribution in [0.1, 0.15) is 28.3 Å². The summed E-state index contributed by atoms with van der Waals surface area (Å²) in [6.45, 7) is 3.88. The van der Waals surface area contributed by atoms with E-state index in [-0.39, 0.29) is 17.7 Å². The molecule has 3 aliphatic heterocycles. The number of rotatable bonds is 4. The molecule has 0 radical (unpaired) electrons. The Labute approximate surface area is 215 Å². The van der Waals surface area contributed by atoms with Crippen molar-refractivity contribution in [1.82, 2.24) is 4.90 Å². The molecule has 0 aliphatic carbocycles. The third kappa shape index (κ3) is 3.61. The van der Waals surface area contributed by atoms with Crippen LogP contribution >= 0.6 is 0 Å². The zero-order chi connectivity index (χ0) is 25.8. The summed E-state index contributed by atoms with van der Waals surface area (Å²) in [5.41, 5.74) is 5.02. The number of ether oxygens (including phenoxy) is 1. The molecule has 2 fully saturated rings. The van der Waals surface area contributed by atoms with Crippen molar-refractivity contribution in [1.29, 1.82) is 0 Å². The van der Waals surface area contributed by atoms with Gasteiger partial charge in [0.05, 0.1) is 30.7 Å². The number of methoxy groups -OCH3 is 1. The lowest BCUT2D eigenvalue weighted by atomic mass is 9.84. The molecule has 6 rings (SSSR count). The molecule has 0 saturated carbocycles. The highest BCUT2D eigenvalue weighted by Crippen LogP contribution is 2.53. The van der Waals surface area contributed by atoms with Crippen molar-refractivity contribution in [3.05, 3.63) is 95.2 Å². The van der Waals surface area contributed by atoms with Crippen LogP contribution < -0.4 is 15.0 Å². The minimum atomic E-state index is -0.839. The zero-order valence-electron chi connectivity index (χ0n) is 20.8. The predicted molar refractivity (Wildman–Crippen MR) is 141 cm³/mol. The second kappa shape index (κ2) is 8.62. The minimum absolute atomic E-state index is 0.264. The Bertz CT molecular complexity index is 1440. The van der Waals surface area contributed by atoms with Crippen molar-refractivity contribution in [2.24, 2.45) is 11.8 Å². The molecule has 37 heavy (non-hydrogen) atoms. The topological polar surface area (TPSA) is 79.0 Å². The van der Waals surface area contributed by atoms with Crippen LogP contribution in [0.5, 0.6) is 5.75 Å². The lowest BCUT2D eigenvalue weighted by molar-refractivity contribution is -0.128. The van der Waals surface area contributed by atoms with E-state index in [1.807, 2.05) is 73.5 Å². The molecular formula is C30H27N3O4. The first kappa shape index (κ1) is 23.0. The van der Waals surface area contributed by atoms with Crippen LogP contribution in [0, 0.1) is 25.7 Å². The second-order valence-electron chi connectivity index (χ2n) is 9.91. The Balaban J connectivity index is 1.43. The van der Waals surface area contributed by atoms with Crippen LogP contribution in [0.15, 0.2) is 72.9 Å². The maximum Gasteiger partial charge on any atom is 0.247 e. The van der Waals surface area contributed by atoms with Gasteiger partial charge < -0.3 is 15.0 Å². The zero-order valence-corrected chi connectivity index (χ0v) is 20.8. The van der Waals surface area contributed by atoms with Crippen LogP contribution in [0.3, 0.4) is 0 Å². The monoisotopic (exact) mass is 493 g/mol. The molecule has 3 aromatic rings. The van der Waals surface area contributed by atoms with Gasteiger partial charge in [-0.05, 0) is 78.6 Å². The molecule has 3 aromatic carbocycles. The predicted octanol–water partition coefficient (Wildman–Crippen LogP) is 4.47. The first-order chi connectivity index (χ1) is 17.9. The molecule has 3 aliphatic rings. The van der Waals surface area contributed by atoms with Gasteiger partial charge in [-0.3, -0.25) is 14.4 Å². The highest BCUT2D eigenvalue weighted by atomic mass is 16.5. The molecule has 3 amide bonds. The van der Waals surface area contributed by atoms with Gasteiger partial charge >= 0.3 is 0 Å². The Morgan fingerprint density at radius 3 is 2.27 bits per heavy atom. The number of aryl methyl sites for hydroxylation is 2. The van der Waals surface area contributed by atoms with Gasteiger partial charge in [-0.2, -0.15) is 0 Å². The van der Waals surface area contributed by atoms with E-state index in [0.29, 0.717) is 17.1 Å². The number of fused-ring (bicyclic) bond motifs is 5. The van der Waals surface area contributed by atoms with Crippen LogP contribution in [0.4, 0.5) is 11.4 Å². The standard InChI is InChI=1S/C30H27N3O4/c1-17-14-18(2)16-21(15-17)33-29(35)24-25(30(33)36)27(28(34)31-20-8-10-22(37-3)11-9-20)32-13-12-19-6-4-5-7-23(19)26(24)32/h4-16,24-27H,1-3H3,(H,31,34)/t24-,25-,26+,27+/m1/s1. The summed E-state index contributed by atoms with van der Waals surface area (Å²) in [5, 5.41) is 2.96. The summed E-state index contributed by atoms with van der Waals surface area (Å²) in [7, 11) is 1.58. The van der Waals surface area contributed by atoms with Crippen molar-refractivity contribution in [2.45, 2.75) is 25.9 Å². The highest BCUT2D eigenvalue weighted by Gasteiger charge is 2.64. The number of amides is 3. The van der Waals surface area contributed by atoms with Gasteiger partial charge in [-0.25, -0.2) is 4.90 Å². The number of benzene rings is 3. The van der Waals surface area contributed by atoms with E-state index in [1.165, 1.54) is 4.90 Å². The second-order valence-corrected chi connectivity index (χ2v) is 9.91. The fourth-order valence-electron chi connectivity index (χ4n) is 6.08. The minimum Gasteiger partial charge on any atom is -0.497 e. The number of carbonyl (C=O) groups is 3. The molecular weight excluding hydrogens is 466 g/mol. The van der Waals surface area contributed by atoms with E-state index in [4.69, 9.17) is 4.74 Å². The van der Waals surface area contributed by atoms with Gasteiger partial charge in [0.15, 0.2) is 0 Å². The van der Waals surface area contributed by atoms with Crippen molar-refractivity contribution in [2.75, 3.05) is 17.3 Å². The smallest absolute Gasteiger partial charge is 0.247 e. The molecule has 0 spiro atoms. The van der Waals surface area contributed by atoms with Gasteiger partial charge in [-0.1, -0.05) is 30.3 Å². The van der Waals surface area contributed by atoms with Crippen molar-refractivity contribution >= 4 is 35.2 Å². The summed E-state index contributed by atoms with van der Waals surface area (Å²) in [6, 6.07) is 19.3. The van der Waals surface area contributed by atoms with E-state index in [1.54, 1.807) is 31.4 Å². The number of imide groups is 1. The summed E-state index contributed by atoms with van der Waals surface area (Å²) in [5.74, 6) is -1.74. The maximum atomic E-state index is 14.0. The average molecular weight is 494 g/mol. The molecule has 0 aromatic heterocycles. The Hall–Kier alpha value is -4.39. The lowest BCUT2D eigenvalue weighted by Gasteiger charge is -2.35. The van der Waals surface area contributed by atoms with E-state index in [0.717, 1.165) is 22.3 Å². The Kier molecular flexibility index (Phi) is 5.37. The van der Waals surface area contributed by atoms with Gasteiger partial charge in [0.25, 0.3) is 0 Å². The lowest BCUT2D eigenvalue weighted by Crippen LogP contribution is -2.46. The molecule has 3 heterocycles. The Morgan fingerprint density at radius 2 is 1.57 bits per heavy atom. The number of hydrogen-bond acceptors (Lipinski definition) is 5. The van der Waals surface area contributed by atoms with E-state index in [9.17, 15) is 14.4 Å².